The lowest BCUT2D eigenvalue weighted by Crippen LogP contribution is -2.39. The number of esters is 1. The molecule has 0 bridgehead atoms. The zero-order chi connectivity index (χ0) is 19.9. The number of hydrogen-bond acceptors (Lipinski definition) is 5. The largest absolute Gasteiger partial charge is 0.478 e. The molecule has 0 saturated heterocycles. The molecule has 1 aliphatic rings. The summed E-state index contributed by atoms with van der Waals surface area (Å²) in [6, 6.07) is 14.9. The lowest BCUT2D eigenvalue weighted by atomic mass is 10.1. The Morgan fingerprint density at radius 3 is 2.71 bits per heavy atom. The molecule has 0 unspecified atom stereocenters. The van der Waals surface area contributed by atoms with E-state index in [9.17, 15) is 14.4 Å². The minimum atomic E-state index is -0.980. The van der Waals surface area contributed by atoms with Gasteiger partial charge in [0, 0.05) is 6.54 Å². The van der Waals surface area contributed by atoms with E-state index in [1.165, 1.54) is 0 Å². The van der Waals surface area contributed by atoms with Crippen LogP contribution in [0.3, 0.4) is 0 Å². The van der Waals surface area contributed by atoms with Crippen molar-refractivity contribution in [3.05, 3.63) is 59.7 Å². The summed E-state index contributed by atoms with van der Waals surface area (Å²) in [4.78, 5) is 35.8. The highest BCUT2D eigenvalue weighted by molar-refractivity contribution is 5.99. The Morgan fingerprint density at radius 1 is 1.14 bits per heavy atom. The lowest BCUT2D eigenvalue weighted by Gasteiger charge is -2.25. The molecular formula is C21H22N2O5. The summed E-state index contributed by atoms with van der Waals surface area (Å²) >= 11 is 0. The van der Waals surface area contributed by atoms with Crippen molar-refractivity contribution < 1.29 is 23.9 Å². The third-order valence-corrected chi connectivity index (χ3v) is 4.40. The van der Waals surface area contributed by atoms with Crippen LogP contribution in [0.4, 0.5) is 5.69 Å². The number of nitrogens with one attached hydrogen (secondary N) is 2. The summed E-state index contributed by atoms with van der Waals surface area (Å²) in [6.45, 7) is 2.07. The van der Waals surface area contributed by atoms with Gasteiger partial charge in [-0.25, -0.2) is 0 Å². The molecule has 1 heterocycles. The summed E-state index contributed by atoms with van der Waals surface area (Å²) < 4.78 is 10.5. The molecule has 7 heteroatoms. The van der Waals surface area contributed by atoms with E-state index in [0.29, 0.717) is 24.4 Å². The van der Waals surface area contributed by atoms with Crippen molar-refractivity contribution in [3.8, 4) is 5.75 Å². The van der Waals surface area contributed by atoms with Crippen LogP contribution >= 0.6 is 0 Å². The zero-order valence-corrected chi connectivity index (χ0v) is 15.6. The maximum atomic E-state index is 12.0. The predicted molar refractivity (Wildman–Crippen MR) is 103 cm³/mol. The smallest absolute Gasteiger partial charge is 0.310 e. The lowest BCUT2D eigenvalue weighted by molar-refractivity contribution is -0.151. The Kier molecular flexibility index (Phi) is 6.26. The molecule has 28 heavy (non-hydrogen) atoms. The number of carbonyl (C=O) groups is 3. The molecule has 0 fully saturated rings. The zero-order valence-electron chi connectivity index (χ0n) is 15.6. The number of hydrogen-bond donors (Lipinski definition) is 2. The van der Waals surface area contributed by atoms with Crippen molar-refractivity contribution in [1.29, 1.82) is 0 Å². The number of ether oxygens (including phenoxy) is 2. The molecule has 1 aliphatic heterocycles. The van der Waals surface area contributed by atoms with Crippen molar-refractivity contribution in [2.75, 3.05) is 18.5 Å². The van der Waals surface area contributed by atoms with Gasteiger partial charge in [0.05, 0.1) is 12.1 Å². The Morgan fingerprint density at radius 2 is 1.89 bits per heavy atom. The van der Waals surface area contributed by atoms with Gasteiger partial charge in [-0.3, -0.25) is 14.4 Å². The Labute approximate surface area is 163 Å². The van der Waals surface area contributed by atoms with Gasteiger partial charge in [-0.05, 0) is 36.6 Å². The number of rotatable bonds is 7. The molecule has 7 nitrogen and oxygen atoms in total. The molecule has 0 saturated carbocycles. The number of fused-ring (bicyclic) bond motifs is 1. The third-order valence-electron chi connectivity index (χ3n) is 4.40. The van der Waals surface area contributed by atoms with Gasteiger partial charge in [-0.15, -0.1) is 0 Å². The summed E-state index contributed by atoms with van der Waals surface area (Å²) in [6.07, 6.45) is -0.551. The van der Waals surface area contributed by atoms with Crippen LogP contribution in [0, 0.1) is 6.92 Å². The van der Waals surface area contributed by atoms with Crippen molar-refractivity contribution in [2.45, 2.75) is 25.9 Å². The maximum Gasteiger partial charge on any atom is 0.310 e. The van der Waals surface area contributed by atoms with E-state index in [4.69, 9.17) is 9.47 Å². The second kappa shape index (κ2) is 9.03. The first kappa shape index (κ1) is 19.4. The fourth-order valence-corrected chi connectivity index (χ4v) is 2.86. The Bertz CT molecular complexity index is 881. The van der Waals surface area contributed by atoms with E-state index in [2.05, 4.69) is 10.6 Å². The van der Waals surface area contributed by atoms with Crippen molar-refractivity contribution >= 4 is 23.5 Å². The van der Waals surface area contributed by atoms with Crippen LogP contribution in [0.15, 0.2) is 48.5 Å². The molecule has 146 valence electrons. The molecule has 0 radical (unpaired) electrons. The van der Waals surface area contributed by atoms with Crippen molar-refractivity contribution in [3.63, 3.8) is 0 Å². The maximum absolute atomic E-state index is 12.0. The van der Waals surface area contributed by atoms with Crippen molar-refractivity contribution in [2.24, 2.45) is 0 Å². The second-order valence-electron chi connectivity index (χ2n) is 6.48. The van der Waals surface area contributed by atoms with Crippen LogP contribution < -0.4 is 15.4 Å². The predicted octanol–water partition coefficient (Wildman–Crippen LogP) is 1.99. The van der Waals surface area contributed by atoms with E-state index < -0.39 is 24.6 Å². The van der Waals surface area contributed by atoms with Gasteiger partial charge < -0.3 is 20.1 Å². The first-order valence-electron chi connectivity index (χ1n) is 9.06. The second-order valence-corrected chi connectivity index (χ2v) is 6.48. The van der Waals surface area contributed by atoms with Crippen molar-refractivity contribution in [1.82, 2.24) is 5.32 Å². The standard InChI is InChI=1S/C21H22N2O5/c1-14-6-2-3-7-15(14)10-11-22-19(24)13-27-20(25)12-18-21(26)23-16-8-4-5-9-17(16)28-18/h2-9,18H,10-13H2,1H3,(H,22,24)(H,23,26)/t18-/m1/s1. The quantitative estimate of drug-likeness (QED) is 0.715. The number of para-hydroxylation sites is 2. The normalized spacial score (nSPS) is 15.0. The fourth-order valence-electron chi connectivity index (χ4n) is 2.86. The van der Waals surface area contributed by atoms with E-state index in [1.54, 1.807) is 24.3 Å². The van der Waals surface area contributed by atoms with Crippen LogP contribution in [0.2, 0.25) is 0 Å². The molecule has 1 atom stereocenters. The number of anilines is 1. The van der Waals surface area contributed by atoms with E-state index in [0.717, 1.165) is 11.1 Å². The van der Waals surface area contributed by atoms with Gasteiger partial charge in [0.1, 0.15) is 5.75 Å². The molecule has 0 aromatic heterocycles. The Hall–Kier alpha value is -3.35. The van der Waals surface area contributed by atoms with E-state index in [1.807, 2.05) is 31.2 Å². The highest BCUT2D eigenvalue weighted by Gasteiger charge is 2.30. The summed E-state index contributed by atoms with van der Waals surface area (Å²) in [7, 11) is 0. The fraction of sp³-hybridized carbons (Fsp3) is 0.286. The molecule has 2 aromatic rings. The first-order chi connectivity index (χ1) is 13.5. The van der Waals surface area contributed by atoms with Crippen LogP contribution in [0.5, 0.6) is 5.75 Å². The highest BCUT2D eigenvalue weighted by atomic mass is 16.5. The number of carbonyl (C=O) groups excluding carboxylic acids is 3. The minimum absolute atomic E-state index is 0.267. The van der Waals surface area contributed by atoms with Gasteiger partial charge >= 0.3 is 5.97 Å². The summed E-state index contributed by atoms with van der Waals surface area (Å²) in [5.74, 6) is -0.984. The summed E-state index contributed by atoms with van der Waals surface area (Å²) in [5.41, 5.74) is 2.88. The van der Waals surface area contributed by atoms with Gasteiger partial charge in [0.25, 0.3) is 11.8 Å². The van der Waals surface area contributed by atoms with Gasteiger partial charge in [0.15, 0.2) is 12.7 Å². The molecule has 3 rings (SSSR count). The topological polar surface area (TPSA) is 93.7 Å². The molecule has 2 N–H and O–H groups in total. The Balaban J connectivity index is 1.39. The third kappa shape index (κ3) is 5.09. The SMILES string of the molecule is Cc1ccccc1CCNC(=O)COC(=O)C[C@H]1Oc2ccccc2NC1=O. The number of aryl methyl sites for hydroxylation is 1. The molecule has 2 amide bonds. The summed E-state index contributed by atoms with van der Waals surface area (Å²) in [5, 5.41) is 5.39. The van der Waals surface area contributed by atoms with E-state index >= 15 is 0 Å². The van der Waals surface area contributed by atoms with Crippen LogP contribution in [0.1, 0.15) is 17.5 Å². The highest BCUT2D eigenvalue weighted by Crippen LogP contribution is 2.29. The number of benzene rings is 2. The van der Waals surface area contributed by atoms with Gasteiger partial charge in [0.2, 0.25) is 0 Å². The van der Waals surface area contributed by atoms with Crippen LogP contribution in [-0.2, 0) is 25.5 Å². The van der Waals surface area contributed by atoms with Crippen LogP contribution in [0.25, 0.3) is 0 Å². The average Bonchev–Trinajstić information content (AvgIpc) is 2.68. The molecule has 0 spiro atoms. The first-order valence-corrected chi connectivity index (χ1v) is 9.06. The van der Waals surface area contributed by atoms with E-state index in [-0.39, 0.29) is 12.3 Å². The monoisotopic (exact) mass is 382 g/mol. The van der Waals surface area contributed by atoms with Gasteiger partial charge in [-0.1, -0.05) is 36.4 Å². The average molecular weight is 382 g/mol. The molecule has 2 aromatic carbocycles. The van der Waals surface area contributed by atoms with Crippen LogP contribution in [-0.4, -0.2) is 37.0 Å². The number of amides is 2. The van der Waals surface area contributed by atoms with Gasteiger partial charge in [-0.2, -0.15) is 0 Å². The molecule has 0 aliphatic carbocycles. The molecular weight excluding hydrogens is 360 g/mol. The minimum Gasteiger partial charge on any atom is -0.478 e.